The molecule has 4 heteroatoms. The third-order valence-corrected chi connectivity index (χ3v) is 8.69. The number of fused-ring (bicyclic) bond motifs is 2. The van der Waals surface area contributed by atoms with Gasteiger partial charge in [-0.1, -0.05) is 44.2 Å². The van der Waals surface area contributed by atoms with E-state index < -0.39 is 0 Å². The van der Waals surface area contributed by atoms with E-state index in [1.807, 2.05) is 0 Å². The van der Waals surface area contributed by atoms with Crippen molar-refractivity contribution in [2.75, 3.05) is 7.05 Å². The molecule has 2 bridgehead atoms. The summed E-state index contributed by atoms with van der Waals surface area (Å²) in [4.78, 5) is 7.71. The average Bonchev–Trinajstić information content (AvgIpc) is 3.26. The van der Waals surface area contributed by atoms with Crippen molar-refractivity contribution < 1.29 is 4.52 Å². The van der Waals surface area contributed by atoms with Crippen LogP contribution in [0.5, 0.6) is 0 Å². The fraction of sp³-hybridized carbons (Fsp3) is 0.913. The van der Waals surface area contributed by atoms with Gasteiger partial charge in [-0.3, -0.25) is 4.90 Å². The van der Waals surface area contributed by atoms with Crippen molar-refractivity contribution in [1.29, 1.82) is 0 Å². The standard InChI is InChI=1S/C23H37N3O/c1-15-8-10-16(11-9-15)19-14-18-12-13-20(26(18)2)21(19)23-24-22(25-27-23)17-6-4-3-5-7-17/h15-21H,3-14H2,1-2H3/t15?,16?,18?,19?,20?,21-/m0/s1. The summed E-state index contributed by atoms with van der Waals surface area (Å²) in [6, 6.07) is 1.41. The van der Waals surface area contributed by atoms with Gasteiger partial charge < -0.3 is 4.52 Å². The Bertz CT molecular complexity index is 629. The van der Waals surface area contributed by atoms with Crippen LogP contribution in [0.4, 0.5) is 0 Å². The molecule has 2 aliphatic carbocycles. The van der Waals surface area contributed by atoms with Crippen molar-refractivity contribution in [3.8, 4) is 0 Å². The average molecular weight is 372 g/mol. The van der Waals surface area contributed by atoms with Crippen molar-refractivity contribution in [3.63, 3.8) is 0 Å². The molecular formula is C23H37N3O. The summed E-state index contributed by atoms with van der Waals surface area (Å²) in [6.45, 7) is 2.43. The van der Waals surface area contributed by atoms with E-state index in [9.17, 15) is 0 Å². The first-order valence-electron chi connectivity index (χ1n) is 11.8. The number of hydrogen-bond donors (Lipinski definition) is 0. The van der Waals surface area contributed by atoms with E-state index in [2.05, 4.69) is 24.0 Å². The second-order valence-electron chi connectivity index (χ2n) is 10.2. The minimum Gasteiger partial charge on any atom is -0.339 e. The molecule has 2 saturated heterocycles. The molecule has 150 valence electrons. The van der Waals surface area contributed by atoms with Crippen LogP contribution in [0.15, 0.2) is 4.52 Å². The molecule has 5 rings (SSSR count). The maximum atomic E-state index is 6.01. The van der Waals surface area contributed by atoms with Crippen LogP contribution in [-0.4, -0.2) is 34.2 Å². The van der Waals surface area contributed by atoms with Crippen molar-refractivity contribution >= 4 is 0 Å². The van der Waals surface area contributed by atoms with Crippen molar-refractivity contribution in [3.05, 3.63) is 11.7 Å². The minimum atomic E-state index is 0.469. The van der Waals surface area contributed by atoms with Gasteiger partial charge in [-0.25, -0.2) is 0 Å². The molecule has 1 aromatic rings. The molecule has 0 aromatic carbocycles. The lowest BCUT2D eigenvalue weighted by Gasteiger charge is -2.46. The molecule has 0 radical (unpaired) electrons. The Balaban J connectivity index is 1.41. The highest BCUT2D eigenvalue weighted by molar-refractivity contribution is 5.12. The van der Waals surface area contributed by atoms with Gasteiger partial charge in [0.1, 0.15) is 0 Å². The maximum absolute atomic E-state index is 6.01. The van der Waals surface area contributed by atoms with E-state index in [1.165, 1.54) is 77.0 Å². The molecule has 0 N–H and O–H groups in total. The number of aromatic nitrogens is 2. The summed E-state index contributed by atoms with van der Waals surface area (Å²) < 4.78 is 6.01. The highest BCUT2D eigenvalue weighted by Crippen LogP contribution is 2.52. The predicted octanol–water partition coefficient (Wildman–Crippen LogP) is 5.51. The molecule has 1 aromatic heterocycles. The van der Waals surface area contributed by atoms with Crippen molar-refractivity contribution in [2.24, 2.45) is 17.8 Å². The van der Waals surface area contributed by atoms with Gasteiger partial charge in [0.25, 0.3) is 0 Å². The van der Waals surface area contributed by atoms with E-state index >= 15 is 0 Å². The Morgan fingerprint density at radius 2 is 1.70 bits per heavy atom. The van der Waals surface area contributed by atoms with Crippen LogP contribution in [0.25, 0.3) is 0 Å². The molecule has 4 atom stereocenters. The van der Waals surface area contributed by atoms with Crippen molar-refractivity contribution in [1.82, 2.24) is 15.0 Å². The van der Waals surface area contributed by atoms with E-state index in [0.29, 0.717) is 17.9 Å². The van der Waals surface area contributed by atoms with Gasteiger partial charge in [0, 0.05) is 18.0 Å². The molecule has 2 aliphatic heterocycles. The van der Waals surface area contributed by atoms with Gasteiger partial charge in [0.15, 0.2) is 5.82 Å². The zero-order chi connectivity index (χ0) is 18.4. The van der Waals surface area contributed by atoms with Crippen LogP contribution < -0.4 is 0 Å². The summed E-state index contributed by atoms with van der Waals surface area (Å²) >= 11 is 0. The van der Waals surface area contributed by atoms with Gasteiger partial charge >= 0.3 is 0 Å². The van der Waals surface area contributed by atoms with Gasteiger partial charge in [0.05, 0.1) is 5.92 Å². The third-order valence-electron chi connectivity index (χ3n) is 8.69. The first-order chi connectivity index (χ1) is 13.2. The summed E-state index contributed by atoms with van der Waals surface area (Å²) in [5.74, 6) is 5.56. The molecule has 4 fully saturated rings. The number of nitrogens with zero attached hydrogens (tertiary/aromatic N) is 3. The molecule has 0 amide bonds. The zero-order valence-corrected chi connectivity index (χ0v) is 17.3. The van der Waals surface area contributed by atoms with E-state index in [4.69, 9.17) is 9.51 Å². The lowest BCUT2D eigenvalue weighted by atomic mass is 9.67. The number of likely N-dealkylation sites (N-methyl/N-ethyl adjacent to an activating group) is 1. The minimum absolute atomic E-state index is 0.469. The summed E-state index contributed by atoms with van der Waals surface area (Å²) in [5, 5.41) is 4.51. The van der Waals surface area contributed by atoms with Gasteiger partial charge in [-0.05, 0) is 69.7 Å². The van der Waals surface area contributed by atoms with E-state index in [1.54, 1.807) is 0 Å². The summed E-state index contributed by atoms with van der Waals surface area (Å²) in [7, 11) is 2.34. The molecular weight excluding hydrogens is 334 g/mol. The highest BCUT2D eigenvalue weighted by atomic mass is 16.5. The van der Waals surface area contributed by atoms with Crippen LogP contribution in [0.2, 0.25) is 0 Å². The second-order valence-corrected chi connectivity index (χ2v) is 10.2. The molecule has 27 heavy (non-hydrogen) atoms. The molecule has 4 nitrogen and oxygen atoms in total. The third kappa shape index (κ3) is 3.36. The fourth-order valence-electron chi connectivity index (χ4n) is 6.96. The fourth-order valence-corrected chi connectivity index (χ4v) is 6.96. The lowest BCUT2D eigenvalue weighted by molar-refractivity contribution is 0.0449. The largest absolute Gasteiger partial charge is 0.339 e. The normalized spacial score (nSPS) is 41.1. The van der Waals surface area contributed by atoms with Crippen LogP contribution in [0.3, 0.4) is 0 Å². The zero-order valence-electron chi connectivity index (χ0n) is 17.3. The Hall–Kier alpha value is -0.900. The molecule has 2 saturated carbocycles. The number of piperidine rings is 1. The number of rotatable bonds is 3. The summed E-state index contributed by atoms with van der Waals surface area (Å²) in [6.07, 6.45) is 16.2. The van der Waals surface area contributed by atoms with Gasteiger partial charge in [0.2, 0.25) is 5.89 Å². The van der Waals surface area contributed by atoms with Crippen LogP contribution >= 0.6 is 0 Å². The van der Waals surface area contributed by atoms with Crippen LogP contribution in [0.1, 0.15) is 108 Å². The highest BCUT2D eigenvalue weighted by Gasteiger charge is 2.50. The lowest BCUT2D eigenvalue weighted by Crippen LogP contribution is -2.47. The topological polar surface area (TPSA) is 42.2 Å². The smallest absolute Gasteiger partial charge is 0.231 e. The van der Waals surface area contributed by atoms with Gasteiger partial charge in [-0.15, -0.1) is 0 Å². The Kier molecular flexibility index (Phi) is 5.04. The van der Waals surface area contributed by atoms with Crippen LogP contribution in [-0.2, 0) is 0 Å². The number of hydrogen-bond acceptors (Lipinski definition) is 4. The van der Waals surface area contributed by atoms with E-state index in [0.717, 1.165) is 35.5 Å². The Labute approximate surface area is 164 Å². The van der Waals surface area contributed by atoms with Gasteiger partial charge in [-0.2, -0.15) is 4.98 Å². The quantitative estimate of drug-likeness (QED) is 0.702. The SMILES string of the molecule is CC1CCC(C2CC3CCC([C@H]2c2nc(C4CCCCC4)no2)N3C)CC1. The van der Waals surface area contributed by atoms with E-state index in [-0.39, 0.29) is 0 Å². The second kappa shape index (κ2) is 7.50. The molecule has 3 heterocycles. The van der Waals surface area contributed by atoms with Crippen molar-refractivity contribution in [2.45, 2.75) is 108 Å². The molecule has 0 spiro atoms. The first-order valence-corrected chi connectivity index (χ1v) is 11.8. The molecule has 4 aliphatic rings. The molecule has 3 unspecified atom stereocenters. The predicted molar refractivity (Wildman–Crippen MR) is 107 cm³/mol. The maximum Gasteiger partial charge on any atom is 0.231 e. The first kappa shape index (κ1) is 18.1. The Morgan fingerprint density at radius 3 is 2.48 bits per heavy atom. The monoisotopic (exact) mass is 371 g/mol. The summed E-state index contributed by atoms with van der Waals surface area (Å²) in [5.41, 5.74) is 0. The van der Waals surface area contributed by atoms with Crippen LogP contribution in [0, 0.1) is 17.8 Å². The Morgan fingerprint density at radius 1 is 0.926 bits per heavy atom.